The minimum absolute atomic E-state index is 0.370. The molecule has 7 heteroatoms. The molecule has 0 saturated carbocycles. The van der Waals surface area contributed by atoms with E-state index >= 15 is 0 Å². The fourth-order valence-electron chi connectivity index (χ4n) is 2.61. The molecule has 1 aromatic heterocycles. The Labute approximate surface area is 136 Å². The third-order valence-corrected chi connectivity index (χ3v) is 7.22. The topological polar surface area (TPSA) is 63.4 Å². The first-order valence-electron chi connectivity index (χ1n) is 6.56. The SMILES string of the molecule is Cc1sc(Br)cc1S(=O)(=O)N1CCCc2ccc(N)cc21. The summed E-state index contributed by atoms with van der Waals surface area (Å²) in [5.74, 6) is 0. The number of hydrogen-bond acceptors (Lipinski definition) is 4. The molecule has 0 atom stereocenters. The zero-order valence-electron chi connectivity index (χ0n) is 11.5. The molecule has 1 aliphatic rings. The predicted octanol–water partition coefficient (Wildman–Crippen LogP) is 3.54. The quantitative estimate of drug-likeness (QED) is 0.802. The summed E-state index contributed by atoms with van der Waals surface area (Å²) < 4.78 is 28.2. The van der Waals surface area contributed by atoms with Gasteiger partial charge in [0.2, 0.25) is 0 Å². The van der Waals surface area contributed by atoms with Gasteiger partial charge in [0.1, 0.15) is 4.90 Å². The van der Waals surface area contributed by atoms with Gasteiger partial charge in [-0.2, -0.15) is 0 Å². The first kappa shape index (κ1) is 14.9. The van der Waals surface area contributed by atoms with Gasteiger partial charge in [-0.3, -0.25) is 4.31 Å². The van der Waals surface area contributed by atoms with Gasteiger partial charge in [0.15, 0.2) is 0 Å². The fraction of sp³-hybridized carbons (Fsp3) is 0.286. The average molecular weight is 387 g/mol. The van der Waals surface area contributed by atoms with Crippen LogP contribution in [0.25, 0.3) is 0 Å². The Hall–Kier alpha value is -1.05. The van der Waals surface area contributed by atoms with Gasteiger partial charge >= 0.3 is 0 Å². The van der Waals surface area contributed by atoms with Crippen molar-refractivity contribution in [3.63, 3.8) is 0 Å². The van der Waals surface area contributed by atoms with Crippen LogP contribution in [0.4, 0.5) is 11.4 Å². The zero-order chi connectivity index (χ0) is 15.2. The van der Waals surface area contributed by atoms with E-state index in [9.17, 15) is 8.42 Å². The second-order valence-corrected chi connectivity index (χ2v) is 9.51. The van der Waals surface area contributed by atoms with E-state index in [1.165, 1.54) is 15.6 Å². The summed E-state index contributed by atoms with van der Waals surface area (Å²) in [5, 5.41) is 0. The molecule has 2 heterocycles. The molecular weight excluding hydrogens is 372 g/mol. The second-order valence-electron chi connectivity index (χ2n) is 5.04. The molecule has 21 heavy (non-hydrogen) atoms. The molecule has 3 rings (SSSR count). The van der Waals surface area contributed by atoms with Crippen molar-refractivity contribution in [2.75, 3.05) is 16.6 Å². The number of anilines is 2. The Bertz CT molecular complexity index is 799. The van der Waals surface area contributed by atoms with Crippen molar-refractivity contribution in [3.05, 3.63) is 38.5 Å². The lowest BCUT2D eigenvalue weighted by Gasteiger charge is -2.30. The second kappa shape index (κ2) is 5.30. The largest absolute Gasteiger partial charge is 0.399 e. The molecule has 0 fully saturated rings. The lowest BCUT2D eigenvalue weighted by Crippen LogP contribution is -2.35. The lowest BCUT2D eigenvalue weighted by molar-refractivity contribution is 0.586. The number of rotatable bonds is 2. The van der Waals surface area contributed by atoms with Crippen molar-refractivity contribution < 1.29 is 8.42 Å². The Balaban J connectivity index is 2.14. The summed E-state index contributed by atoms with van der Waals surface area (Å²) in [7, 11) is -3.54. The summed E-state index contributed by atoms with van der Waals surface area (Å²) in [6.45, 7) is 2.32. The van der Waals surface area contributed by atoms with Gasteiger partial charge in [-0.1, -0.05) is 6.07 Å². The minimum atomic E-state index is -3.54. The number of halogens is 1. The van der Waals surface area contributed by atoms with Gasteiger partial charge in [-0.25, -0.2) is 8.42 Å². The van der Waals surface area contributed by atoms with Gasteiger partial charge < -0.3 is 5.73 Å². The van der Waals surface area contributed by atoms with E-state index in [-0.39, 0.29) is 0 Å². The number of nitrogens with zero attached hydrogens (tertiary/aromatic N) is 1. The molecule has 2 N–H and O–H groups in total. The van der Waals surface area contributed by atoms with Gasteiger partial charge in [-0.05, 0) is 59.5 Å². The monoisotopic (exact) mass is 386 g/mol. The van der Waals surface area contributed by atoms with E-state index in [1.807, 2.05) is 19.1 Å². The van der Waals surface area contributed by atoms with E-state index in [0.29, 0.717) is 22.8 Å². The average Bonchev–Trinajstić information content (AvgIpc) is 2.77. The van der Waals surface area contributed by atoms with Crippen LogP contribution in [0.1, 0.15) is 16.9 Å². The van der Waals surface area contributed by atoms with Gasteiger partial charge in [0.25, 0.3) is 10.0 Å². The fourth-order valence-corrected chi connectivity index (χ4v) is 6.53. The van der Waals surface area contributed by atoms with Crippen LogP contribution in [0.15, 0.2) is 32.9 Å². The molecule has 1 aromatic carbocycles. The highest BCUT2D eigenvalue weighted by atomic mass is 79.9. The standard InChI is InChI=1S/C14H15BrN2O2S2/c1-9-13(8-14(15)20-9)21(18,19)17-6-2-3-10-4-5-11(16)7-12(10)17/h4-5,7-8H,2-3,6,16H2,1H3. The summed E-state index contributed by atoms with van der Waals surface area (Å²) in [4.78, 5) is 1.16. The maximum Gasteiger partial charge on any atom is 0.265 e. The third-order valence-electron chi connectivity index (χ3n) is 3.60. The first-order chi connectivity index (χ1) is 9.89. The van der Waals surface area contributed by atoms with Crippen molar-refractivity contribution in [3.8, 4) is 0 Å². The molecule has 112 valence electrons. The first-order valence-corrected chi connectivity index (χ1v) is 9.61. The van der Waals surface area contributed by atoms with E-state index in [4.69, 9.17) is 5.73 Å². The number of hydrogen-bond donors (Lipinski definition) is 1. The molecule has 0 amide bonds. The molecule has 0 spiro atoms. The molecule has 4 nitrogen and oxygen atoms in total. The molecule has 0 saturated heterocycles. The molecule has 0 radical (unpaired) electrons. The molecule has 0 aliphatic carbocycles. The number of nitrogens with two attached hydrogens (primary N) is 1. The molecular formula is C14H15BrN2O2S2. The summed E-state index contributed by atoms with van der Waals surface area (Å²) in [5.41, 5.74) is 8.16. The third kappa shape index (κ3) is 2.58. The van der Waals surface area contributed by atoms with Crippen LogP contribution in [0.5, 0.6) is 0 Å². The van der Waals surface area contributed by atoms with Crippen LogP contribution in [0.3, 0.4) is 0 Å². The van der Waals surface area contributed by atoms with Crippen LogP contribution >= 0.6 is 27.3 Å². The normalized spacial score (nSPS) is 15.0. The highest BCUT2D eigenvalue weighted by Crippen LogP contribution is 2.37. The van der Waals surface area contributed by atoms with Crippen molar-refractivity contribution >= 4 is 48.7 Å². The van der Waals surface area contributed by atoms with Crippen LogP contribution in [0, 0.1) is 6.92 Å². The van der Waals surface area contributed by atoms with Crippen LogP contribution < -0.4 is 10.0 Å². The van der Waals surface area contributed by atoms with Gasteiger partial charge in [0.05, 0.1) is 9.47 Å². The Morgan fingerprint density at radius 2 is 2.10 bits per heavy atom. The van der Waals surface area contributed by atoms with Crippen LogP contribution in [-0.4, -0.2) is 15.0 Å². The van der Waals surface area contributed by atoms with E-state index in [1.54, 1.807) is 12.1 Å². The Morgan fingerprint density at radius 3 is 2.76 bits per heavy atom. The maximum absolute atomic E-state index is 13.0. The summed E-state index contributed by atoms with van der Waals surface area (Å²) in [6, 6.07) is 7.17. The number of nitrogen functional groups attached to an aromatic ring is 1. The van der Waals surface area contributed by atoms with Crippen molar-refractivity contribution in [2.24, 2.45) is 0 Å². The lowest BCUT2D eigenvalue weighted by atomic mass is 10.0. The Kier molecular flexibility index (Phi) is 3.75. The molecule has 0 bridgehead atoms. The molecule has 0 unspecified atom stereocenters. The van der Waals surface area contributed by atoms with Crippen LogP contribution in [0.2, 0.25) is 0 Å². The van der Waals surface area contributed by atoms with Gasteiger partial charge in [0, 0.05) is 17.1 Å². The number of thiophene rings is 1. The highest BCUT2D eigenvalue weighted by molar-refractivity contribution is 9.11. The highest BCUT2D eigenvalue weighted by Gasteiger charge is 2.31. The van der Waals surface area contributed by atoms with Gasteiger partial charge in [-0.15, -0.1) is 11.3 Å². The number of benzene rings is 1. The summed E-state index contributed by atoms with van der Waals surface area (Å²) in [6.07, 6.45) is 1.70. The number of fused-ring (bicyclic) bond motifs is 1. The molecule has 2 aromatic rings. The van der Waals surface area contributed by atoms with Crippen molar-refractivity contribution in [1.29, 1.82) is 0 Å². The molecule has 1 aliphatic heterocycles. The van der Waals surface area contributed by atoms with Crippen molar-refractivity contribution in [1.82, 2.24) is 0 Å². The maximum atomic E-state index is 13.0. The summed E-state index contributed by atoms with van der Waals surface area (Å²) >= 11 is 4.79. The van der Waals surface area contributed by atoms with Crippen molar-refractivity contribution in [2.45, 2.75) is 24.7 Å². The minimum Gasteiger partial charge on any atom is -0.399 e. The predicted molar refractivity (Wildman–Crippen MR) is 90.5 cm³/mol. The van der Waals surface area contributed by atoms with E-state index < -0.39 is 10.0 Å². The number of aryl methyl sites for hydroxylation is 2. The smallest absolute Gasteiger partial charge is 0.265 e. The van der Waals surface area contributed by atoms with Crippen LogP contribution in [-0.2, 0) is 16.4 Å². The van der Waals surface area contributed by atoms with E-state index in [0.717, 1.165) is 27.1 Å². The zero-order valence-corrected chi connectivity index (χ0v) is 14.7. The Morgan fingerprint density at radius 1 is 1.33 bits per heavy atom. The van der Waals surface area contributed by atoms with E-state index in [2.05, 4.69) is 15.9 Å². The number of sulfonamides is 1.